The van der Waals surface area contributed by atoms with Gasteiger partial charge in [0.15, 0.2) is 5.54 Å². The number of nitrogens with one attached hydrogen (secondary N) is 1. The highest BCUT2D eigenvalue weighted by Crippen LogP contribution is 2.44. The Hall–Kier alpha value is -1.88. The molecule has 1 aromatic rings. The Morgan fingerprint density at radius 3 is 2.25 bits per heavy atom. The summed E-state index contributed by atoms with van der Waals surface area (Å²) in [6.07, 6.45) is 7.83. The second-order valence-electron chi connectivity index (χ2n) is 8.82. The number of anilines is 1. The molecule has 1 aromatic carbocycles. The summed E-state index contributed by atoms with van der Waals surface area (Å²) in [5, 5.41) is 3.18. The number of esters is 1. The lowest BCUT2D eigenvalue weighted by atomic mass is 9.72. The topological polar surface area (TPSA) is 55.4 Å². The average molecular weight is 388 g/mol. The predicted molar refractivity (Wildman–Crippen MR) is 111 cm³/mol. The van der Waals surface area contributed by atoms with E-state index >= 15 is 0 Å². The van der Waals surface area contributed by atoms with E-state index in [1.54, 1.807) is 6.92 Å². The van der Waals surface area contributed by atoms with Crippen LogP contribution in [0.25, 0.3) is 0 Å². The summed E-state index contributed by atoms with van der Waals surface area (Å²) in [7, 11) is 2.26. The monoisotopic (exact) mass is 387 g/mol. The highest BCUT2D eigenvalue weighted by atomic mass is 16.5. The van der Waals surface area contributed by atoms with Crippen LogP contribution in [0.15, 0.2) is 12.1 Å². The fourth-order valence-corrected chi connectivity index (χ4v) is 5.07. The van der Waals surface area contributed by atoms with Crippen molar-refractivity contribution in [1.82, 2.24) is 0 Å². The first-order chi connectivity index (χ1) is 13.3. The molecule has 0 atom stereocenters. The zero-order valence-corrected chi connectivity index (χ0v) is 17.9. The standard InChI is InChI=1S/C23H34N2O3/c1-5-28-21(26)19-16-17(2)15-18(3)20(19)24-22(27)23(11-10-12-23)25(4)13-8-6-7-9-14-25/h15-16H,5-14H2,1-4H3/p+1. The molecule has 1 aliphatic heterocycles. The minimum absolute atomic E-state index is 0.0700. The van der Waals surface area contributed by atoms with Gasteiger partial charge < -0.3 is 14.5 Å². The van der Waals surface area contributed by atoms with Crippen molar-refractivity contribution in [3.05, 3.63) is 28.8 Å². The Kier molecular flexibility index (Phi) is 6.13. The fraction of sp³-hybridized carbons (Fsp3) is 0.652. The molecule has 1 saturated heterocycles. The van der Waals surface area contributed by atoms with Gasteiger partial charge in [-0.25, -0.2) is 4.79 Å². The Balaban J connectivity index is 1.92. The SMILES string of the molecule is CCOC(=O)c1cc(C)cc(C)c1NC(=O)C1([N+]2(C)CCCCCC2)CCC1. The molecule has 0 bridgehead atoms. The first-order valence-corrected chi connectivity index (χ1v) is 10.8. The van der Waals surface area contributed by atoms with Crippen LogP contribution < -0.4 is 5.32 Å². The van der Waals surface area contributed by atoms with Crippen LogP contribution >= 0.6 is 0 Å². The second-order valence-corrected chi connectivity index (χ2v) is 8.82. The number of amides is 1. The molecule has 5 heteroatoms. The number of nitrogens with zero attached hydrogens (tertiary/aromatic N) is 1. The molecular formula is C23H35N2O3+. The van der Waals surface area contributed by atoms with Gasteiger partial charge in [0.25, 0.3) is 5.91 Å². The number of aryl methyl sites for hydroxylation is 2. The van der Waals surface area contributed by atoms with Crippen LogP contribution in [-0.4, -0.2) is 48.6 Å². The molecule has 3 rings (SSSR count). The molecule has 1 aliphatic carbocycles. The molecule has 1 saturated carbocycles. The van der Waals surface area contributed by atoms with E-state index in [9.17, 15) is 9.59 Å². The van der Waals surface area contributed by atoms with Crippen LogP contribution in [0, 0.1) is 13.8 Å². The lowest BCUT2D eigenvalue weighted by molar-refractivity contribution is -0.954. The molecule has 0 unspecified atom stereocenters. The van der Waals surface area contributed by atoms with Crippen molar-refractivity contribution >= 4 is 17.6 Å². The van der Waals surface area contributed by atoms with E-state index in [0.717, 1.165) is 48.0 Å². The van der Waals surface area contributed by atoms with Crippen molar-refractivity contribution < 1.29 is 18.8 Å². The number of hydrogen-bond acceptors (Lipinski definition) is 3. The van der Waals surface area contributed by atoms with E-state index in [2.05, 4.69) is 12.4 Å². The summed E-state index contributed by atoms with van der Waals surface area (Å²) < 4.78 is 6.08. The lowest BCUT2D eigenvalue weighted by Gasteiger charge is -2.54. The van der Waals surface area contributed by atoms with Crippen LogP contribution in [0.1, 0.15) is 73.4 Å². The number of benzene rings is 1. The Bertz CT molecular complexity index is 744. The first-order valence-electron chi connectivity index (χ1n) is 10.8. The summed E-state index contributed by atoms with van der Waals surface area (Å²) in [4.78, 5) is 26.1. The molecule has 1 N–H and O–H groups in total. The average Bonchev–Trinajstić information content (AvgIpc) is 2.81. The molecule has 0 radical (unpaired) electrons. The van der Waals surface area contributed by atoms with E-state index in [1.807, 2.05) is 26.0 Å². The van der Waals surface area contributed by atoms with Crippen LogP contribution in [0.3, 0.4) is 0 Å². The Morgan fingerprint density at radius 1 is 1.07 bits per heavy atom. The van der Waals surface area contributed by atoms with Crippen molar-refractivity contribution in [2.45, 2.75) is 71.3 Å². The van der Waals surface area contributed by atoms with E-state index in [-0.39, 0.29) is 17.4 Å². The van der Waals surface area contributed by atoms with Gasteiger partial charge in [0.1, 0.15) is 0 Å². The maximum Gasteiger partial charge on any atom is 0.340 e. The second kappa shape index (κ2) is 8.24. The summed E-state index contributed by atoms with van der Waals surface area (Å²) in [5.41, 5.74) is 2.60. The van der Waals surface area contributed by atoms with Gasteiger partial charge in [0.2, 0.25) is 0 Å². The molecule has 0 spiro atoms. The van der Waals surface area contributed by atoms with Crippen molar-refractivity contribution in [1.29, 1.82) is 0 Å². The third-order valence-electron chi connectivity index (χ3n) is 6.90. The predicted octanol–water partition coefficient (Wildman–Crippen LogP) is 4.36. The smallest absolute Gasteiger partial charge is 0.340 e. The van der Waals surface area contributed by atoms with Crippen molar-refractivity contribution in [2.24, 2.45) is 0 Å². The normalized spacial score (nSPS) is 20.6. The van der Waals surface area contributed by atoms with Gasteiger partial charge in [0, 0.05) is 12.8 Å². The number of carbonyl (C=O) groups is 2. The number of carbonyl (C=O) groups excluding carboxylic acids is 2. The van der Waals surface area contributed by atoms with Crippen molar-refractivity contribution in [2.75, 3.05) is 32.1 Å². The fourth-order valence-electron chi connectivity index (χ4n) is 5.07. The Morgan fingerprint density at radius 2 is 1.71 bits per heavy atom. The van der Waals surface area contributed by atoms with Crippen molar-refractivity contribution in [3.8, 4) is 0 Å². The molecule has 0 aromatic heterocycles. The number of rotatable bonds is 5. The summed E-state index contributed by atoms with van der Waals surface area (Å²) in [6.45, 7) is 8.14. The zero-order chi connectivity index (χ0) is 20.4. The highest BCUT2D eigenvalue weighted by molar-refractivity contribution is 6.05. The maximum atomic E-state index is 13.6. The maximum absolute atomic E-state index is 13.6. The molecule has 2 aliphatic rings. The summed E-state index contributed by atoms with van der Waals surface area (Å²) in [6, 6.07) is 3.82. The van der Waals surface area contributed by atoms with E-state index < -0.39 is 0 Å². The Labute approximate surface area is 169 Å². The van der Waals surface area contributed by atoms with Crippen LogP contribution in [0.5, 0.6) is 0 Å². The molecule has 5 nitrogen and oxygen atoms in total. The first kappa shape index (κ1) is 20.8. The lowest BCUT2D eigenvalue weighted by Crippen LogP contribution is -2.71. The third-order valence-corrected chi connectivity index (χ3v) is 6.90. The molecule has 1 heterocycles. The van der Waals surface area contributed by atoms with Gasteiger partial charge in [0.05, 0.1) is 38.0 Å². The molecule has 2 fully saturated rings. The number of likely N-dealkylation sites (N-methyl/N-ethyl adjacent to an activating group) is 1. The van der Waals surface area contributed by atoms with Gasteiger partial charge in [-0.05, 0) is 70.1 Å². The zero-order valence-electron chi connectivity index (χ0n) is 17.9. The highest BCUT2D eigenvalue weighted by Gasteiger charge is 2.58. The van der Waals surface area contributed by atoms with E-state index in [1.165, 1.54) is 25.7 Å². The largest absolute Gasteiger partial charge is 0.462 e. The van der Waals surface area contributed by atoms with Gasteiger partial charge in [-0.2, -0.15) is 0 Å². The minimum Gasteiger partial charge on any atom is -0.462 e. The van der Waals surface area contributed by atoms with Crippen molar-refractivity contribution in [3.63, 3.8) is 0 Å². The molecule has 154 valence electrons. The van der Waals surface area contributed by atoms with Crippen LogP contribution in [0.4, 0.5) is 5.69 Å². The summed E-state index contributed by atoms with van der Waals surface area (Å²) in [5.74, 6) is -0.303. The quantitative estimate of drug-likeness (QED) is 0.603. The molecule has 28 heavy (non-hydrogen) atoms. The van der Waals surface area contributed by atoms with Gasteiger partial charge in [-0.1, -0.05) is 6.07 Å². The number of ether oxygens (including phenoxy) is 1. The van der Waals surface area contributed by atoms with E-state index in [4.69, 9.17) is 4.74 Å². The number of hydrogen-bond donors (Lipinski definition) is 1. The van der Waals surface area contributed by atoms with Crippen LogP contribution in [-0.2, 0) is 9.53 Å². The molecular weight excluding hydrogens is 352 g/mol. The number of likely N-dealkylation sites (tertiary alicyclic amines) is 1. The van der Waals surface area contributed by atoms with E-state index in [0.29, 0.717) is 17.9 Å². The van der Waals surface area contributed by atoms with Gasteiger partial charge >= 0.3 is 5.97 Å². The number of quaternary nitrogens is 1. The minimum atomic E-state index is -0.373. The van der Waals surface area contributed by atoms with Gasteiger partial charge in [-0.3, -0.25) is 4.79 Å². The van der Waals surface area contributed by atoms with Gasteiger partial charge in [-0.15, -0.1) is 0 Å². The molecule has 1 amide bonds. The van der Waals surface area contributed by atoms with Crippen LogP contribution in [0.2, 0.25) is 0 Å². The summed E-state index contributed by atoms with van der Waals surface area (Å²) >= 11 is 0. The third kappa shape index (κ3) is 3.69.